The summed E-state index contributed by atoms with van der Waals surface area (Å²) >= 11 is 0. The third-order valence-corrected chi connectivity index (χ3v) is 1.92. The Hall–Kier alpha value is -1.78. The van der Waals surface area contributed by atoms with Gasteiger partial charge in [-0.25, -0.2) is 4.98 Å². The maximum absolute atomic E-state index is 11.0. The van der Waals surface area contributed by atoms with E-state index in [-0.39, 0.29) is 5.56 Å². The van der Waals surface area contributed by atoms with Crippen LogP contribution >= 0.6 is 0 Å². The van der Waals surface area contributed by atoms with E-state index in [1.807, 2.05) is 0 Å². The number of methoxy groups -OCH3 is 1. The van der Waals surface area contributed by atoms with E-state index in [0.29, 0.717) is 22.2 Å². The van der Waals surface area contributed by atoms with Crippen molar-refractivity contribution in [2.45, 2.75) is 0 Å². The van der Waals surface area contributed by atoms with Crippen molar-refractivity contribution >= 4 is 24.3 Å². The van der Waals surface area contributed by atoms with Crippen LogP contribution in [0, 0.1) is 0 Å². The van der Waals surface area contributed by atoms with Crippen molar-refractivity contribution in [2.75, 3.05) is 7.11 Å². The minimum absolute atomic E-state index is 0.259. The quantitative estimate of drug-likeness (QED) is 0.623. The molecule has 0 unspecified atom stereocenters. The molecule has 0 aliphatic carbocycles. The molecule has 1 heterocycles. The van der Waals surface area contributed by atoms with Crippen LogP contribution in [0.15, 0.2) is 23.1 Å². The Kier molecular flexibility index (Phi) is 2.00. The van der Waals surface area contributed by atoms with Crippen molar-refractivity contribution in [2.24, 2.45) is 0 Å². The maximum atomic E-state index is 11.0. The summed E-state index contributed by atoms with van der Waals surface area (Å²) < 4.78 is 5.01. The first-order chi connectivity index (χ1) is 6.70. The number of ether oxygens (including phenoxy) is 1. The molecular formula is C9H7BN2O2. The number of benzene rings is 1. The van der Waals surface area contributed by atoms with Crippen molar-refractivity contribution in [1.29, 1.82) is 0 Å². The summed E-state index contributed by atoms with van der Waals surface area (Å²) in [5.41, 5.74) is 1.38. The number of nitrogens with one attached hydrogen (secondary N) is 1. The van der Waals surface area contributed by atoms with E-state index in [2.05, 4.69) is 9.97 Å². The lowest BCUT2D eigenvalue weighted by Gasteiger charge is -2.04. The van der Waals surface area contributed by atoms with Gasteiger partial charge in [-0.1, -0.05) is 5.46 Å². The number of H-pyrrole nitrogens is 1. The molecule has 5 heteroatoms. The van der Waals surface area contributed by atoms with Gasteiger partial charge >= 0.3 is 0 Å². The lowest BCUT2D eigenvalue weighted by atomic mass is 9.94. The lowest BCUT2D eigenvalue weighted by molar-refractivity contribution is 0.415. The molecule has 0 atom stereocenters. The highest BCUT2D eigenvalue weighted by molar-refractivity contribution is 6.38. The van der Waals surface area contributed by atoms with Crippen LogP contribution in [0.25, 0.3) is 11.0 Å². The molecule has 0 saturated carbocycles. The summed E-state index contributed by atoms with van der Waals surface area (Å²) in [7, 11) is 7.25. The van der Waals surface area contributed by atoms with E-state index >= 15 is 0 Å². The molecule has 0 saturated heterocycles. The third kappa shape index (κ3) is 1.37. The third-order valence-electron chi connectivity index (χ3n) is 1.92. The lowest BCUT2D eigenvalue weighted by Crippen LogP contribution is -2.12. The fourth-order valence-corrected chi connectivity index (χ4v) is 1.27. The molecule has 2 aromatic rings. The van der Waals surface area contributed by atoms with Crippen molar-refractivity contribution in [3.05, 3.63) is 28.7 Å². The van der Waals surface area contributed by atoms with Gasteiger partial charge in [0.15, 0.2) is 0 Å². The SMILES string of the molecule is [B]c1cc(OC)cc2[nH]c(=O)cnc12. The Morgan fingerprint density at radius 2 is 2.29 bits per heavy atom. The summed E-state index contributed by atoms with van der Waals surface area (Å²) in [4.78, 5) is 17.6. The molecule has 0 bridgehead atoms. The highest BCUT2D eigenvalue weighted by Crippen LogP contribution is 2.13. The highest BCUT2D eigenvalue weighted by atomic mass is 16.5. The Labute approximate surface area is 81.3 Å². The zero-order valence-corrected chi connectivity index (χ0v) is 7.57. The molecule has 0 spiro atoms. The van der Waals surface area contributed by atoms with E-state index in [1.165, 1.54) is 13.3 Å². The second kappa shape index (κ2) is 3.18. The normalized spacial score (nSPS) is 10.4. The predicted octanol–water partition coefficient (Wildman–Crippen LogP) is -0.275. The van der Waals surface area contributed by atoms with Crippen molar-refractivity contribution in [1.82, 2.24) is 9.97 Å². The topological polar surface area (TPSA) is 55.0 Å². The van der Waals surface area contributed by atoms with E-state index < -0.39 is 0 Å². The second-order valence-corrected chi connectivity index (χ2v) is 2.86. The van der Waals surface area contributed by atoms with Gasteiger partial charge in [0, 0.05) is 6.07 Å². The summed E-state index contributed by atoms with van der Waals surface area (Å²) in [5.74, 6) is 0.596. The van der Waals surface area contributed by atoms with Gasteiger partial charge in [0.1, 0.15) is 13.6 Å². The average Bonchev–Trinajstić information content (AvgIpc) is 2.16. The molecule has 0 amide bonds. The van der Waals surface area contributed by atoms with Gasteiger partial charge in [-0.15, -0.1) is 0 Å². The van der Waals surface area contributed by atoms with Crippen molar-refractivity contribution < 1.29 is 4.74 Å². The molecule has 68 valence electrons. The van der Waals surface area contributed by atoms with Gasteiger partial charge in [-0.2, -0.15) is 0 Å². The molecule has 0 aliphatic rings. The summed E-state index contributed by atoms with van der Waals surface area (Å²) in [6.07, 6.45) is 1.20. The van der Waals surface area contributed by atoms with Crippen molar-refractivity contribution in [3.63, 3.8) is 0 Å². The van der Waals surface area contributed by atoms with Crippen LogP contribution in [0.4, 0.5) is 0 Å². The van der Waals surface area contributed by atoms with Gasteiger partial charge < -0.3 is 9.72 Å². The molecule has 2 rings (SSSR count). The van der Waals surface area contributed by atoms with Crippen LogP contribution < -0.4 is 15.8 Å². The van der Waals surface area contributed by atoms with E-state index in [9.17, 15) is 4.79 Å². The van der Waals surface area contributed by atoms with E-state index in [4.69, 9.17) is 12.6 Å². The fourth-order valence-electron chi connectivity index (χ4n) is 1.27. The number of hydrogen-bond donors (Lipinski definition) is 1. The first-order valence-electron chi connectivity index (χ1n) is 4.03. The first kappa shape index (κ1) is 8.81. The molecule has 0 aliphatic heterocycles. The number of aromatic nitrogens is 2. The fraction of sp³-hybridized carbons (Fsp3) is 0.111. The Morgan fingerprint density at radius 1 is 1.50 bits per heavy atom. The van der Waals surface area contributed by atoms with Crippen LogP contribution in [-0.2, 0) is 0 Å². The highest BCUT2D eigenvalue weighted by Gasteiger charge is 2.02. The number of hydrogen-bond acceptors (Lipinski definition) is 3. The van der Waals surface area contributed by atoms with Crippen LogP contribution in [-0.4, -0.2) is 24.9 Å². The Morgan fingerprint density at radius 3 is 3.00 bits per heavy atom. The van der Waals surface area contributed by atoms with Crippen molar-refractivity contribution in [3.8, 4) is 5.75 Å². The zero-order chi connectivity index (χ0) is 10.1. The Bertz CT molecular complexity index is 536. The number of nitrogens with zero attached hydrogens (tertiary/aromatic N) is 1. The number of fused-ring (bicyclic) bond motifs is 1. The van der Waals surface area contributed by atoms with E-state index in [0.717, 1.165) is 0 Å². The molecule has 1 N–H and O–H groups in total. The predicted molar refractivity (Wildman–Crippen MR) is 54.3 cm³/mol. The van der Waals surface area contributed by atoms with Crippen LogP contribution in [0.3, 0.4) is 0 Å². The summed E-state index contributed by atoms with van der Waals surface area (Å²) in [6.45, 7) is 0. The zero-order valence-electron chi connectivity index (χ0n) is 7.57. The molecule has 2 radical (unpaired) electrons. The molecule has 1 aromatic heterocycles. The van der Waals surface area contributed by atoms with Gasteiger partial charge in [0.2, 0.25) is 0 Å². The minimum Gasteiger partial charge on any atom is -0.497 e. The monoisotopic (exact) mass is 186 g/mol. The smallest absolute Gasteiger partial charge is 0.266 e. The van der Waals surface area contributed by atoms with Gasteiger partial charge in [-0.3, -0.25) is 4.79 Å². The largest absolute Gasteiger partial charge is 0.497 e. The van der Waals surface area contributed by atoms with Crippen LogP contribution in [0.2, 0.25) is 0 Å². The summed E-state index contributed by atoms with van der Waals surface area (Å²) in [6, 6.07) is 3.34. The second-order valence-electron chi connectivity index (χ2n) is 2.86. The molecule has 1 aromatic carbocycles. The van der Waals surface area contributed by atoms with Gasteiger partial charge in [-0.05, 0) is 6.07 Å². The van der Waals surface area contributed by atoms with Crippen LogP contribution in [0.1, 0.15) is 0 Å². The van der Waals surface area contributed by atoms with Gasteiger partial charge in [0.05, 0.1) is 24.3 Å². The number of aromatic amines is 1. The molecular weight excluding hydrogens is 179 g/mol. The Balaban J connectivity index is 2.83. The summed E-state index contributed by atoms with van der Waals surface area (Å²) in [5, 5.41) is 0. The minimum atomic E-state index is -0.259. The average molecular weight is 186 g/mol. The molecule has 0 fully saturated rings. The maximum Gasteiger partial charge on any atom is 0.266 e. The number of rotatable bonds is 1. The van der Waals surface area contributed by atoms with Crippen LogP contribution in [0.5, 0.6) is 5.75 Å². The molecule has 4 nitrogen and oxygen atoms in total. The molecule has 14 heavy (non-hydrogen) atoms. The van der Waals surface area contributed by atoms with E-state index in [1.54, 1.807) is 12.1 Å². The standard InChI is InChI=1S/C9H7BN2O2/c1-14-5-2-6(10)9-7(3-5)12-8(13)4-11-9/h2-4H,1H3,(H,12,13). The van der Waals surface area contributed by atoms with Gasteiger partial charge in [0.25, 0.3) is 5.56 Å². The first-order valence-corrected chi connectivity index (χ1v) is 4.03.